The zero-order valence-corrected chi connectivity index (χ0v) is 28.4. The predicted molar refractivity (Wildman–Crippen MR) is 177 cm³/mol. The average Bonchev–Trinajstić information content (AvgIpc) is 2.98. The molecule has 4 rings (SSSR count). The number of hydrogen-bond donors (Lipinski definition) is 0. The maximum Gasteiger partial charge on any atom is -0.0110 e. The lowest BCUT2D eigenvalue weighted by atomic mass is 9.50. The molecule has 5 atom stereocenters. The van der Waals surface area contributed by atoms with Gasteiger partial charge in [-0.15, -0.1) is 0 Å². The summed E-state index contributed by atoms with van der Waals surface area (Å²) in [6, 6.07) is 0. The Morgan fingerprint density at radius 1 is 0.974 bits per heavy atom. The lowest BCUT2D eigenvalue weighted by Gasteiger charge is -2.55. The van der Waals surface area contributed by atoms with E-state index in [2.05, 4.69) is 92.7 Å². The second-order valence-electron chi connectivity index (χ2n) is 14.9. The molecule has 0 amide bonds. The molecular weight excluding hydrogens is 468 g/mol. The summed E-state index contributed by atoms with van der Waals surface area (Å²) in [5, 5.41) is 0. The first-order valence-electron chi connectivity index (χ1n) is 17.1. The van der Waals surface area contributed by atoms with Crippen LogP contribution in [0.3, 0.4) is 0 Å². The molecule has 0 heteroatoms. The van der Waals surface area contributed by atoms with E-state index in [1.54, 1.807) is 11.1 Å². The highest BCUT2D eigenvalue weighted by molar-refractivity contribution is 5.22. The van der Waals surface area contributed by atoms with E-state index in [4.69, 9.17) is 0 Å². The van der Waals surface area contributed by atoms with Crippen molar-refractivity contribution in [3.63, 3.8) is 0 Å². The Hall–Kier alpha value is -1.04. The molecule has 0 N–H and O–H groups in total. The molecule has 0 spiro atoms. The summed E-state index contributed by atoms with van der Waals surface area (Å²) in [6.07, 6.45) is 29.9. The Morgan fingerprint density at radius 3 is 2.28 bits per heavy atom. The third-order valence-corrected chi connectivity index (χ3v) is 11.7. The number of allylic oxidation sites excluding steroid dienone is 8. The van der Waals surface area contributed by atoms with Gasteiger partial charge in [-0.3, -0.25) is 0 Å². The van der Waals surface area contributed by atoms with Crippen LogP contribution in [0.1, 0.15) is 160 Å². The van der Waals surface area contributed by atoms with E-state index < -0.39 is 0 Å². The van der Waals surface area contributed by atoms with E-state index in [1.165, 1.54) is 89.0 Å². The number of fused-ring (bicyclic) bond motifs is 3. The van der Waals surface area contributed by atoms with Gasteiger partial charge in [0, 0.05) is 0 Å². The summed E-state index contributed by atoms with van der Waals surface area (Å²) < 4.78 is 0. The molecule has 3 fully saturated rings. The van der Waals surface area contributed by atoms with Gasteiger partial charge in [0.2, 0.25) is 0 Å². The second kappa shape index (κ2) is 15.3. The van der Waals surface area contributed by atoms with Gasteiger partial charge in [-0.2, -0.15) is 0 Å². The van der Waals surface area contributed by atoms with E-state index in [1.807, 2.05) is 13.8 Å². The van der Waals surface area contributed by atoms with Gasteiger partial charge in [0.15, 0.2) is 0 Å². The topological polar surface area (TPSA) is 0 Å². The molecule has 3 unspecified atom stereocenters. The fraction of sp³-hybridized carbons (Fsp3) is 0.795. The molecule has 224 valence electrons. The van der Waals surface area contributed by atoms with Crippen molar-refractivity contribution in [3.05, 3.63) is 47.1 Å². The van der Waals surface area contributed by atoms with Gasteiger partial charge in [0.25, 0.3) is 0 Å². The summed E-state index contributed by atoms with van der Waals surface area (Å²) in [6.45, 7) is 25.6. The Bertz CT molecular complexity index is 858. The highest BCUT2D eigenvalue weighted by Crippen LogP contribution is 2.60. The third-order valence-electron chi connectivity index (χ3n) is 11.7. The largest absolute Gasteiger partial charge is 0.0884 e. The first kappa shape index (κ1) is 34.2. The van der Waals surface area contributed by atoms with Gasteiger partial charge in [-0.25, -0.2) is 0 Å². The number of unbranched alkanes of at least 4 members (excludes halogenated alkanes) is 1. The van der Waals surface area contributed by atoms with E-state index in [0.717, 1.165) is 23.7 Å². The fourth-order valence-electron chi connectivity index (χ4n) is 8.49. The van der Waals surface area contributed by atoms with Crippen molar-refractivity contribution in [2.75, 3.05) is 0 Å². The highest BCUT2D eigenvalue weighted by atomic mass is 14.5. The minimum atomic E-state index is 0.411. The second-order valence-corrected chi connectivity index (χ2v) is 14.9. The third kappa shape index (κ3) is 8.72. The Kier molecular flexibility index (Phi) is 13.4. The Morgan fingerprint density at radius 2 is 1.69 bits per heavy atom. The smallest absolute Gasteiger partial charge is 0.0110 e. The standard InChI is InChI=1S/C28H48.C9H14.C2H6/c1-7-9-11-22-16-19-28(6)24(20-22)15-14-23-12-10-13-25(21(3)8-2)27(4,5)18-17-26(23)28;1-8-6-4-5-7-9(8,2)3;1-2/h8,11,23-26H,7,9-10,12-20H2,1-6H3;4-6H,7H2,1-3H3;1-2H3/b21-8+,22-11+;;/t23?,24-,25?,26-,28?;;/m0../s1. The molecule has 0 radical (unpaired) electrons. The quantitative estimate of drug-likeness (QED) is 0.315. The fourth-order valence-corrected chi connectivity index (χ4v) is 8.49. The minimum Gasteiger partial charge on any atom is -0.0884 e. The molecule has 0 saturated heterocycles. The molecule has 4 aliphatic rings. The molecule has 0 bridgehead atoms. The Balaban J connectivity index is 0.000000407. The molecule has 0 aromatic carbocycles. The monoisotopic (exact) mass is 537 g/mol. The Labute approximate surface area is 246 Å². The summed E-state index contributed by atoms with van der Waals surface area (Å²) >= 11 is 0. The molecule has 0 nitrogen and oxygen atoms in total. The van der Waals surface area contributed by atoms with Gasteiger partial charge < -0.3 is 0 Å². The van der Waals surface area contributed by atoms with Crippen LogP contribution in [0.2, 0.25) is 0 Å². The summed E-state index contributed by atoms with van der Waals surface area (Å²) in [5.74, 6) is 3.73. The van der Waals surface area contributed by atoms with Crippen molar-refractivity contribution in [1.29, 1.82) is 0 Å². The van der Waals surface area contributed by atoms with Crippen LogP contribution in [0.5, 0.6) is 0 Å². The normalized spacial score (nSPS) is 34.9. The van der Waals surface area contributed by atoms with E-state index in [-0.39, 0.29) is 0 Å². The van der Waals surface area contributed by atoms with Gasteiger partial charge in [0.05, 0.1) is 0 Å². The minimum absolute atomic E-state index is 0.411. The zero-order valence-electron chi connectivity index (χ0n) is 28.4. The van der Waals surface area contributed by atoms with Crippen molar-refractivity contribution in [3.8, 4) is 0 Å². The lowest BCUT2D eigenvalue weighted by Crippen LogP contribution is -2.46. The lowest BCUT2D eigenvalue weighted by molar-refractivity contribution is -0.0340. The van der Waals surface area contributed by atoms with Crippen LogP contribution >= 0.6 is 0 Å². The van der Waals surface area contributed by atoms with Crippen molar-refractivity contribution >= 4 is 0 Å². The molecule has 3 saturated carbocycles. The van der Waals surface area contributed by atoms with Crippen molar-refractivity contribution < 1.29 is 0 Å². The van der Waals surface area contributed by atoms with E-state index in [0.29, 0.717) is 16.2 Å². The highest BCUT2D eigenvalue weighted by Gasteiger charge is 2.50. The first-order valence-corrected chi connectivity index (χ1v) is 17.1. The maximum absolute atomic E-state index is 2.71. The molecule has 0 aromatic heterocycles. The molecule has 39 heavy (non-hydrogen) atoms. The van der Waals surface area contributed by atoms with E-state index in [9.17, 15) is 0 Å². The van der Waals surface area contributed by atoms with Crippen LogP contribution in [-0.2, 0) is 0 Å². The number of rotatable bonds is 3. The molecule has 0 aliphatic heterocycles. The van der Waals surface area contributed by atoms with Gasteiger partial charge in [-0.05, 0) is 125 Å². The van der Waals surface area contributed by atoms with Crippen LogP contribution in [0.4, 0.5) is 0 Å². The van der Waals surface area contributed by atoms with Crippen LogP contribution in [0, 0.1) is 39.9 Å². The average molecular weight is 537 g/mol. The van der Waals surface area contributed by atoms with E-state index >= 15 is 0 Å². The van der Waals surface area contributed by atoms with Crippen LogP contribution in [0.15, 0.2) is 47.1 Å². The molecule has 0 aromatic rings. The van der Waals surface area contributed by atoms with Crippen molar-refractivity contribution in [1.82, 2.24) is 0 Å². The predicted octanol–water partition coefficient (Wildman–Crippen LogP) is 13.1. The SMILES string of the molecule is C/C=C(\C)C1CCCC2CC[C@H]3C/C(=C/CCC)CCC3(C)[C@H]2CCC1(C)C.CC.CC1=CC=CCC1(C)C. The zero-order chi connectivity index (χ0) is 29.3. The van der Waals surface area contributed by atoms with Crippen LogP contribution < -0.4 is 0 Å². The first-order chi connectivity index (χ1) is 18.4. The van der Waals surface area contributed by atoms with Gasteiger partial charge >= 0.3 is 0 Å². The summed E-state index contributed by atoms with van der Waals surface area (Å²) in [4.78, 5) is 0. The molecule has 0 heterocycles. The van der Waals surface area contributed by atoms with Crippen LogP contribution in [-0.4, -0.2) is 0 Å². The molecular formula is C39H68. The van der Waals surface area contributed by atoms with Gasteiger partial charge in [-0.1, -0.05) is 122 Å². The van der Waals surface area contributed by atoms with Crippen molar-refractivity contribution in [2.45, 2.75) is 160 Å². The van der Waals surface area contributed by atoms with Crippen molar-refractivity contribution in [2.24, 2.45) is 39.9 Å². The summed E-state index contributed by atoms with van der Waals surface area (Å²) in [7, 11) is 0. The summed E-state index contributed by atoms with van der Waals surface area (Å²) in [5.41, 5.74) is 6.41. The molecule has 4 aliphatic carbocycles. The van der Waals surface area contributed by atoms with Crippen LogP contribution in [0.25, 0.3) is 0 Å². The maximum atomic E-state index is 2.71. The van der Waals surface area contributed by atoms with Gasteiger partial charge in [0.1, 0.15) is 0 Å². The number of hydrogen-bond acceptors (Lipinski definition) is 0.